The third-order valence-corrected chi connectivity index (χ3v) is 4.05. The third-order valence-electron chi connectivity index (χ3n) is 4.05. The van der Waals surface area contributed by atoms with Gasteiger partial charge in [-0.15, -0.1) is 0 Å². The summed E-state index contributed by atoms with van der Waals surface area (Å²) in [5.41, 5.74) is 2.97. The molecule has 0 radical (unpaired) electrons. The summed E-state index contributed by atoms with van der Waals surface area (Å²) in [5.74, 6) is 0.713. The van der Waals surface area contributed by atoms with Crippen LogP contribution in [0.1, 0.15) is 42.7 Å². The van der Waals surface area contributed by atoms with Crippen LogP contribution in [-0.2, 0) is 6.42 Å². The zero-order chi connectivity index (χ0) is 12.8. The number of likely N-dealkylation sites (tertiary alicyclic amines) is 1. The minimum Gasteiger partial charge on any atom is -0.396 e. The minimum atomic E-state index is 0.293. The second kappa shape index (κ2) is 6.91. The van der Waals surface area contributed by atoms with Gasteiger partial charge in [0, 0.05) is 6.61 Å². The van der Waals surface area contributed by atoms with Crippen LogP contribution < -0.4 is 0 Å². The molecule has 1 aliphatic rings. The predicted octanol–water partition coefficient (Wildman–Crippen LogP) is 2.81. The summed E-state index contributed by atoms with van der Waals surface area (Å²) >= 11 is 0. The van der Waals surface area contributed by atoms with Gasteiger partial charge in [-0.2, -0.15) is 0 Å². The first-order valence-corrected chi connectivity index (χ1v) is 7.18. The molecule has 1 fully saturated rings. The molecule has 0 saturated carbocycles. The Hall–Kier alpha value is -0.860. The van der Waals surface area contributed by atoms with Gasteiger partial charge in [-0.05, 0) is 69.3 Å². The molecule has 18 heavy (non-hydrogen) atoms. The van der Waals surface area contributed by atoms with E-state index in [2.05, 4.69) is 36.2 Å². The maximum Gasteiger partial charge on any atom is 0.0434 e. The highest BCUT2D eigenvalue weighted by molar-refractivity contribution is 5.30. The fourth-order valence-electron chi connectivity index (χ4n) is 2.98. The zero-order valence-corrected chi connectivity index (χ0v) is 11.4. The molecular weight excluding hydrogens is 222 g/mol. The number of aliphatic hydroxyl groups is 1. The fourth-order valence-corrected chi connectivity index (χ4v) is 2.98. The van der Waals surface area contributed by atoms with Crippen molar-refractivity contribution in [3.63, 3.8) is 0 Å². The summed E-state index contributed by atoms with van der Waals surface area (Å²) in [4.78, 5) is 2.44. The molecule has 1 aromatic rings. The number of hydrogen-bond acceptors (Lipinski definition) is 2. The highest BCUT2D eigenvalue weighted by atomic mass is 16.2. The lowest BCUT2D eigenvalue weighted by Gasteiger charge is -2.19. The van der Waals surface area contributed by atoms with Crippen LogP contribution in [0.2, 0.25) is 0 Å². The zero-order valence-electron chi connectivity index (χ0n) is 11.4. The smallest absolute Gasteiger partial charge is 0.0434 e. The number of hydrogen-bond donors (Lipinski definition) is 1. The van der Waals surface area contributed by atoms with Gasteiger partial charge in [0.2, 0.25) is 0 Å². The van der Waals surface area contributed by atoms with E-state index >= 15 is 0 Å². The first kappa shape index (κ1) is 13.6. The Bertz CT molecular complexity index is 364. The number of rotatable bonds is 4. The van der Waals surface area contributed by atoms with E-state index in [1.165, 1.54) is 43.5 Å². The summed E-state index contributed by atoms with van der Waals surface area (Å²) < 4.78 is 0. The largest absolute Gasteiger partial charge is 0.396 e. The first-order valence-electron chi connectivity index (χ1n) is 7.18. The van der Waals surface area contributed by atoms with E-state index < -0.39 is 0 Å². The van der Waals surface area contributed by atoms with Gasteiger partial charge >= 0.3 is 0 Å². The molecule has 1 aromatic carbocycles. The van der Waals surface area contributed by atoms with Gasteiger partial charge in [-0.25, -0.2) is 0 Å². The van der Waals surface area contributed by atoms with Crippen molar-refractivity contribution in [3.8, 4) is 0 Å². The van der Waals surface area contributed by atoms with Gasteiger partial charge in [0.25, 0.3) is 0 Å². The highest BCUT2D eigenvalue weighted by Crippen LogP contribution is 2.30. The number of nitrogens with zero attached hydrogens (tertiary/aromatic N) is 1. The maximum absolute atomic E-state index is 9.00. The van der Waals surface area contributed by atoms with Gasteiger partial charge in [0.15, 0.2) is 0 Å². The van der Waals surface area contributed by atoms with E-state index in [4.69, 9.17) is 5.11 Å². The summed E-state index contributed by atoms with van der Waals surface area (Å²) in [7, 11) is 2.22. The van der Waals surface area contributed by atoms with Gasteiger partial charge in [-0.3, -0.25) is 0 Å². The molecule has 1 N–H and O–H groups in total. The Labute approximate surface area is 111 Å². The molecule has 1 unspecified atom stereocenters. The molecule has 1 atom stereocenters. The number of benzene rings is 1. The monoisotopic (exact) mass is 247 g/mol. The second-order valence-corrected chi connectivity index (χ2v) is 5.46. The van der Waals surface area contributed by atoms with Crippen molar-refractivity contribution >= 4 is 0 Å². The van der Waals surface area contributed by atoms with Crippen LogP contribution in [0.15, 0.2) is 24.3 Å². The molecule has 0 aromatic heterocycles. The van der Waals surface area contributed by atoms with Crippen LogP contribution >= 0.6 is 0 Å². The van der Waals surface area contributed by atoms with E-state index in [9.17, 15) is 0 Å². The standard InChI is InChI=1S/C16H25NO/c1-17-11-4-7-15(10-12-17)16-9-3-2-6-14(16)8-5-13-18/h2-3,6,9,15,18H,4-5,7-8,10-13H2,1H3. The molecule has 2 heteroatoms. The van der Waals surface area contributed by atoms with Crippen LogP contribution in [0.25, 0.3) is 0 Å². The van der Waals surface area contributed by atoms with Crippen molar-refractivity contribution in [1.82, 2.24) is 4.90 Å². The second-order valence-electron chi connectivity index (χ2n) is 5.46. The van der Waals surface area contributed by atoms with Gasteiger partial charge in [0.05, 0.1) is 0 Å². The molecule has 0 amide bonds. The highest BCUT2D eigenvalue weighted by Gasteiger charge is 2.18. The SMILES string of the molecule is CN1CCCC(c2ccccc2CCCO)CC1. The van der Waals surface area contributed by atoms with Gasteiger partial charge in [0.1, 0.15) is 0 Å². The van der Waals surface area contributed by atoms with Crippen LogP contribution in [0.4, 0.5) is 0 Å². The average Bonchev–Trinajstić information content (AvgIpc) is 2.61. The lowest BCUT2D eigenvalue weighted by atomic mass is 9.87. The molecule has 1 aliphatic heterocycles. The van der Waals surface area contributed by atoms with Crippen molar-refractivity contribution in [3.05, 3.63) is 35.4 Å². The molecule has 1 saturated heterocycles. The van der Waals surface area contributed by atoms with Crippen molar-refractivity contribution in [2.24, 2.45) is 0 Å². The third kappa shape index (κ3) is 3.56. The Morgan fingerprint density at radius 1 is 1.22 bits per heavy atom. The van der Waals surface area contributed by atoms with Gasteiger partial charge in [-0.1, -0.05) is 24.3 Å². The lowest BCUT2D eigenvalue weighted by Crippen LogP contribution is -2.18. The Morgan fingerprint density at radius 2 is 2.06 bits per heavy atom. The summed E-state index contributed by atoms with van der Waals surface area (Å²) in [6.45, 7) is 2.73. The van der Waals surface area contributed by atoms with Gasteiger partial charge < -0.3 is 10.0 Å². The molecule has 1 heterocycles. The topological polar surface area (TPSA) is 23.5 Å². The quantitative estimate of drug-likeness (QED) is 0.884. The van der Waals surface area contributed by atoms with E-state index in [0.29, 0.717) is 12.5 Å². The maximum atomic E-state index is 9.00. The molecule has 100 valence electrons. The minimum absolute atomic E-state index is 0.293. The van der Waals surface area contributed by atoms with E-state index in [0.717, 1.165) is 12.8 Å². The predicted molar refractivity (Wildman–Crippen MR) is 75.9 cm³/mol. The van der Waals surface area contributed by atoms with Crippen LogP contribution in [0.5, 0.6) is 0 Å². The average molecular weight is 247 g/mol. The molecule has 2 rings (SSSR count). The van der Waals surface area contributed by atoms with Crippen LogP contribution in [-0.4, -0.2) is 36.8 Å². The van der Waals surface area contributed by atoms with E-state index in [1.807, 2.05) is 0 Å². The Balaban J connectivity index is 2.10. The molecular formula is C16H25NO. The summed E-state index contributed by atoms with van der Waals surface area (Å²) in [6, 6.07) is 8.81. The summed E-state index contributed by atoms with van der Waals surface area (Å²) in [5, 5.41) is 9.00. The molecule has 2 nitrogen and oxygen atoms in total. The van der Waals surface area contributed by atoms with Crippen molar-refractivity contribution in [1.29, 1.82) is 0 Å². The molecule has 0 spiro atoms. The molecule has 0 aliphatic carbocycles. The number of aryl methyl sites for hydroxylation is 1. The Kier molecular flexibility index (Phi) is 5.21. The van der Waals surface area contributed by atoms with E-state index in [-0.39, 0.29) is 0 Å². The van der Waals surface area contributed by atoms with Crippen molar-refractivity contribution in [2.45, 2.75) is 38.0 Å². The number of aliphatic hydroxyl groups excluding tert-OH is 1. The normalized spacial score (nSPS) is 21.8. The van der Waals surface area contributed by atoms with Crippen LogP contribution in [0.3, 0.4) is 0 Å². The summed E-state index contributed by atoms with van der Waals surface area (Å²) in [6.07, 6.45) is 5.77. The van der Waals surface area contributed by atoms with E-state index in [1.54, 1.807) is 0 Å². The van der Waals surface area contributed by atoms with Crippen molar-refractivity contribution < 1.29 is 5.11 Å². The van der Waals surface area contributed by atoms with Crippen molar-refractivity contribution in [2.75, 3.05) is 26.7 Å². The molecule has 0 bridgehead atoms. The first-order chi connectivity index (χ1) is 8.81. The lowest BCUT2D eigenvalue weighted by molar-refractivity contribution is 0.288. The Morgan fingerprint density at radius 3 is 2.89 bits per heavy atom. The fraction of sp³-hybridized carbons (Fsp3) is 0.625. The van der Waals surface area contributed by atoms with Crippen LogP contribution in [0, 0.1) is 0 Å².